The number of para-hydroxylation sites is 2. The van der Waals surface area contributed by atoms with Crippen molar-refractivity contribution in [3.05, 3.63) is 58.7 Å². The lowest BCUT2D eigenvalue weighted by molar-refractivity contribution is 0.267. The fourth-order valence-electron chi connectivity index (χ4n) is 3.71. The summed E-state index contributed by atoms with van der Waals surface area (Å²) in [6, 6.07) is 13.3. The molecule has 0 aliphatic heterocycles. The minimum absolute atomic E-state index is 0.346. The number of hydrogen-bond donors (Lipinski definition) is 2. The summed E-state index contributed by atoms with van der Waals surface area (Å²) in [7, 11) is 0. The maximum atomic E-state index is 6.04. The van der Waals surface area contributed by atoms with Crippen LogP contribution in [-0.4, -0.2) is 38.4 Å². The SMILES string of the molecule is Cc1cccc(C)c1OCC(C)NCCCCCNC(C)COc1c(C)cccc1C. The van der Waals surface area contributed by atoms with Crippen LogP contribution in [0.4, 0.5) is 0 Å². The molecule has 0 heterocycles. The molecule has 2 unspecified atom stereocenters. The van der Waals surface area contributed by atoms with E-state index in [1.54, 1.807) is 0 Å². The molecule has 0 aliphatic carbocycles. The largest absolute Gasteiger partial charge is 0.491 e. The summed E-state index contributed by atoms with van der Waals surface area (Å²) < 4.78 is 12.1. The molecular formula is C27H42N2O2. The van der Waals surface area contributed by atoms with Crippen molar-refractivity contribution < 1.29 is 9.47 Å². The molecule has 31 heavy (non-hydrogen) atoms. The van der Waals surface area contributed by atoms with Gasteiger partial charge in [0.05, 0.1) is 0 Å². The zero-order valence-corrected chi connectivity index (χ0v) is 20.4. The minimum atomic E-state index is 0.346. The van der Waals surface area contributed by atoms with Crippen LogP contribution in [0, 0.1) is 27.7 Å². The fraction of sp³-hybridized carbons (Fsp3) is 0.556. The molecule has 4 heteroatoms. The first kappa shape index (κ1) is 25.2. The summed E-state index contributed by atoms with van der Waals surface area (Å²) in [5.74, 6) is 2.05. The molecule has 0 saturated heterocycles. The third-order valence-electron chi connectivity index (χ3n) is 5.61. The molecule has 2 rings (SSSR count). The lowest BCUT2D eigenvalue weighted by atomic mass is 10.1. The first-order valence-corrected chi connectivity index (χ1v) is 11.7. The van der Waals surface area contributed by atoms with Gasteiger partial charge >= 0.3 is 0 Å². The predicted octanol–water partition coefficient (Wildman–Crippen LogP) is 5.50. The highest BCUT2D eigenvalue weighted by Crippen LogP contribution is 2.23. The first-order chi connectivity index (χ1) is 14.9. The van der Waals surface area contributed by atoms with E-state index in [1.165, 1.54) is 41.5 Å². The van der Waals surface area contributed by atoms with Gasteiger partial charge in [0.1, 0.15) is 24.7 Å². The number of ether oxygens (including phenoxy) is 2. The highest BCUT2D eigenvalue weighted by atomic mass is 16.5. The summed E-state index contributed by atoms with van der Waals surface area (Å²) in [5, 5.41) is 7.15. The molecule has 0 aromatic heterocycles. The molecule has 0 spiro atoms. The summed E-state index contributed by atoms with van der Waals surface area (Å²) >= 11 is 0. The second kappa shape index (κ2) is 13.4. The van der Waals surface area contributed by atoms with Gasteiger partial charge in [0.15, 0.2) is 0 Å². The van der Waals surface area contributed by atoms with E-state index in [-0.39, 0.29) is 0 Å². The van der Waals surface area contributed by atoms with Gasteiger partial charge < -0.3 is 20.1 Å². The van der Waals surface area contributed by atoms with Crippen LogP contribution < -0.4 is 20.1 Å². The highest BCUT2D eigenvalue weighted by Gasteiger charge is 2.08. The van der Waals surface area contributed by atoms with E-state index in [0.29, 0.717) is 25.3 Å². The lowest BCUT2D eigenvalue weighted by Gasteiger charge is -2.18. The van der Waals surface area contributed by atoms with Crippen molar-refractivity contribution in [3.63, 3.8) is 0 Å². The summed E-state index contributed by atoms with van der Waals surface area (Å²) in [5.41, 5.74) is 4.81. The highest BCUT2D eigenvalue weighted by molar-refractivity contribution is 5.40. The van der Waals surface area contributed by atoms with Crippen molar-refractivity contribution in [1.82, 2.24) is 10.6 Å². The van der Waals surface area contributed by atoms with Crippen LogP contribution in [-0.2, 0) is 0 Å². The van der Waals surface area contributed by atoms with Crippen LogP contribution in [0.15, 0.2) is 36.4 Å². The second-order valence-electron chi connectivity index (χ2n) is 8.83. The molecule has 172 valence electrons. The van der Waals surface area contributed by atoms with Crippen LogP contribution in [0.25, 0.3) is 0 Å². The van der Waals surface area contributed by atoms with Crippen LogP contribution in [0.3, 0.4) is 0 Å². The van der Waals surface area contributed by atoms with E-state index in [4.69, 9.17) is 9.47 Å². The number of rotatable bonds is 14. The van der Waals surface area contributed by atoms with Crippen LogP contribution >= 0.6 is 0 Å². The van der Waals surface area contributed by atoms with Gasteiger partial charge in [-0.1, -0.05) is 42.8 Å². The Kier molecular flexibility index (Phi) is 10.9. The Balaban J connectivity index is 1.50. The third kappa shape index (κ3) is 8.92. The van der Waals surface area contributed by atoms with Gasteiger partial charge in [-0.15, -0.1) is 0 Å². The van der Waals surface area contributed by atoms with E-state index < -0.39 is 0 Å². The topological polar surface area (TPSA) is 42.5 Å². The average Bonchev–Trinajstić information content (AvgIpc) is 2.72. The Labute approximate surface area is 189 Å². The maximum Gasteiger partial charge on any atom is 0.125 e. The second-order valence-corrected chi connectivity index (χ2v) is 8.83. The number of aryl methyl sites for hydroxylation is 4. The number of hydrogen-bond acceptors (Lipinski definition) is 4. The molecule has 2 aromatic rings. The molecule has 2 N–H and O–H groups in total. The molecule has 4 nitrogen and oxygen atoms in total. The van der Waals surface area contributed by atoms with E-state index in [9.17, 15) is 0 Å². The van der Waals surface area contributed by atoms with Crippen molar-refractivity contribution in [3.8, 4) is 11.5 Å². The number of nitrogens with one attached hydrogen (secondary N) is 2. The Morgan fingerprint density at radius 1 is 0.613 bits per heavy atom. The smallest absolute Gasteiger partial charge is 0.125 e. The molecular weight excluding hydrogens is 384 g/mol. The van der Waals surface area contributed by atoms with E-state index >= 15 is 0 Å². The molecule has 0 aliphatic rings. The van der Waals surface area contributed by atoms with E-state index in [0.717, 1.165) is 24.6 Å². The van der Waals surface area contributed by atoms with Gasteiger partial charge in [-0.05, 0) is 89.7 Å². The molecule has 0 amide bonds. The summed E-state index contributed by atoms with van der Waals surface area (Å²) in [4.78, 5) is 0. The van der Waals surface area contributed by atoms with Crippen LogP contribution in [0.2, 0.25) is 0 Å². The number of benzene rings is 2. The fourth-order valence-corrected chi connectivity index (χ4v) is 3.71. The first-order valence-electron chi connectivity index (χ1n) is 11.7. The van der Waals surface area contributed by atoms with Gasteiger partial charge in [0.25, 0.3) is 0 Å². The van der Waals surface area contributed by atoms with Crippen molar-refractivity contribution in [2.75, 3.05) is 26.3 Å². The Bertz CT molecular complexity index is 685. The Morgan fingerprint density at radius 3 is 1.32 bits per heavy atom. The predicted molar refractivity (Wildman–Crippen MR) is 132 cm³/mol. The van der Waals surface area contributed by atoms with Crippen molar-refractivity contribution >= 4 is 0 Å². The summed E-state index contributed by atoms with van der Waals surface area (Å²) in [6.07, 6.45) is 3.58. The lowest BCUT2D eigenvalue weighted by Crippen LogP contribution is -2.33. The van der Waals surface area contributed by atoms with Gasteiger partial charge in [-0.25, -0.2) is 0 Å². The van der Waals surface area contributed by atoms with Gasteiger partial charge in [-0.3, -0.25) is 0 Å². The molecule has 2 aromatic carbocycles. The molecule has 0 saturated carbocycles. The molecule has 0 radical (unpaired) electrons. The third-order valence-corrected chi connectivity index (χ3v) is 5.61. The van der Waals surface area contributed by atoms with Crippen LogP contribution in [0.1, 0.15) is 55.4 Å². The zero-order chi connectivity index (χ0) is 22.6. The van der Waals surface area contributed by atoms with Crippen molar-refractivity contribution in [1.29, 1.82) is 0 Å². The van der Waals surface area contributed by atoms with Crippen LogP contribution in [0.5, 0.6) is 11.5 Å². The van der Waals surface area contributed by atoms with E-state index in [1.807, 2.05) is 0 Å². The van der Waals surface area contributed by atoms with E-state index in [2.05, 4.69) is 88.6 Å². The molecule has 0 bridgehead atoms. The van der Waals surface area contributed by atoms with Gasteiger partial charge in [-0.2, -0.15) is 0 Å². The average molecular weight is 427 g/mol. The quantitative estimate of drug-likeness (QED) is 0.391. The molecule has 2 atom stereocenters. The molecule has 0 fully saturated rings. The minimum Gasteiger partial charge on any atom is -0.491 e. The normalized spacial score (nSPS) is 13.1. The van der Waals surface area contributed by atoms with Crippen molar-refractivity contribution in [2.45, 2.75) is 72.9 Å². The number of unbranched alkanes of at least 4 members (excludes halogenated alkanes) is 2. The standard InChI is InChI=1S/C27H42N2O2/c1-20-12-10-13-21(2)26(20)30-18-24(5)28-16-8-7-9-17-29-25(6)19-31-27-22(3)14-11-15-23(27)4/h10-15,24-25,28-29H,7-9,16-19H2,1-6H3. The monoisotopic (exact) mass is 426 g/mol. The zero-order valence-electron chi connectivity index (χ0n) is 20.4. The Morgan fingerprint density at radius 2 is 0.968 bits per heavy atom. The maximum absolute atomic E-state index is 6.04. The summed E-state index contributed by atoms with van der Waals surface area (Å²) in [6.45, 7) is 16.2. The van der Waals surface area contributed by atoms with Crippen molar-refractivity contribution in [2.24, 2.45) is 0 Å². The Hall–Kier alpha value is -2.04. The van der Waals surface area contributed by atoms with Gasteiger partial charge in [0, 0.05) is 12.1 Å². The van der Waals surface area contributed by atoms with Gasteiger partial charge in [0.2, 0.25) is 0 Å².